The molecule has 0 spiro atoms. The molecule has 1 aromatic carbocycles. The molecule has 0 aromatic heterocycles. The van der Waals surface area contributed by atoms with Crippen LogP contribution in [-0.4, -0.2) is 5.97 Å². The number of carboxylic acids is 1. The molecular formula is C8H5ClFO2-. The van der Waals surface area contributed by atoms with Gasteiger partial charge < -0.3 is 9.90 Å². The molecule has 0 fully saturated rings. The van der Waals surface area contributed by atoms with Gasteiger partial charge in [-0.05, 0) is 18.6 Å². The molecule has 4 heteroatoms. The van der Waals surface area contributed by atoms with Crippen LogP contribution in [-0.2, 0) is 0 Å². The van der Waals surface area contributed by atoms with E-state index in [0.717, 1.165) is 0 Å². The van der Waals surface area contributed by atoms with Crippen molar-refractivity contribution < 1.29 is 14.3 Å². The van der Waals surface area contributed by atoms with Gasteiger partial charge in [-0.1, -0.05) is 17.7 Å². The maximum atomic E-state index is 13.0. The Kier molecular flexibility index (Phi) is 2.33. The molecule has 12 heavy (non-hydrogen) atoms. The van der Waals surface area contributed by atoms with Crippen LogP contribution in [0.25, 0.3) is 0 Å². The average molecular weight is 188 g/mol. The van der Waals surface area contributed by atoms with Crippen LogP contribution in [0.1, 0.15) is 15.9 Å². The first-order chi connectivity index (χ1) is 5.54. The zero-order valence-corrected chi connectivity index (χ0v) is 6.98. The number of benzene rings is 1. The number of carbonyl (C=O) groups excluding carboxylic acids is 1. The Morgan fingerprint density at radius 1 is 1.58 bits per heavy atom. The normalized spacial score (nSPS) is 9.92. The molecule has 0 saturated carbocycles. The Hall–Kier alpha value is -1.09. The van der Waals surface area contributed by atoms with E-state index in [2.05, 4.69) is 0 Å². The van der Waals surface area contributed by atoms with Gasteiger partial charge in [0.15, 0.2) is 0 Å². The van der Waals surface area contributed by atoms with Crippen molar-refractivity contribution in [2.75, 3.05) is 0 Å². The lowest BCUT2D eigenvalue weighted by Gasteiger charge is -2.07. The van der Waals surface area contributed by atoms with Crippen LogP contribution < -0.4 is 5.11 Å². The highest BCUT2D eigenvalue weighted by Crippen LogP contribution is 2.20. The predicted molar refractivity (Wildman–Crippen MR) is 40.5 cm³/mol. The van der Waals surface area contributed by atoms with Crippen molar-refractivity contribution in [1.29, 1.82) is 0 Å². The number of hydrogen-bond acceptors (Lipinski definition) is 2. The van der Waals surface area contributed by atoms with Crippen molar-refractivity contribution in [2.24, 2.45) is 0 Å². The van der Waals surface area contributed by atoms with Crippen molar-refractivity contribution >= 4 is 17.6 Å². The van der Waals surface area contributed by atoms with E-state index in [9.17, 15) is 14.3 Å². The van der Waals surface area contributed by atoms with Crippen molar-refractivity contribution in [1.82, 2.24) is 0 Å². The molecule has 0 atom stereocenters. The van der Waals surface area contributed by atoms with Gasteiger partial charge in [0.25, 0.3) is 0 Å². The van der Waals surface area contributed by atoms with Crippen molar-refractivity contribution in [2.45, 2.75) is 6.92 Å². The smallest absolute Gasteiger partial charge is 0.136 e. The Balaban J connectivity index is 3.43. The third-order valence-corrected chi connectivity index (χ3v) is 1.80. The summed E-state index contributed by atoms with van der Waals surface area (Å²) in [6, 6.07) is 2.73. The fourth-order valence-corrected chi connectivity index (χ4v) is 1.07. The fourth-order valence-electron chi connectivity index (χ4n) is 0.844. The zero-order chi connectivity index (χ0) is 9.30. The molecule has 1 rings (SSSR count). The highest BCUT2D eigenvalue weighted by Gasteiger charge is 2.09. The molecule has 1 aromatic rings. The largest absolute Gasteiger partial charge is 0.545 e. The van der Waals surface area contributed by atoms with Gasteiger partial charge in [0.1, 0.15) is 5.82 Å². The monoisotopic (exact) mass is 187 g/mol. The summed E-state index contributed by atoms with van der Waals surface area (Å²) in [5.41, 5.74) is -0.338. The van der Waals surface area contributed by atoms with E-state index in [1.165, 1.54) is 19.1 Å². The summed E-state index contributed by atoms with van der Waals surface area (Å²) in [7, 11) is 0. The van der Waals surface area contributed by atoms with E-state index >= 15 is 0 Å². The number of carbonyl (C=O) groups is 1. The van der Waals surface area contributed by atoms with Crippen molar-refractivity contribution in [3.63, 3.8) is 0 Å². The molecule has 0 aliphatic heterocycles. The summed E-state index contributed by atoms with van der Waals surface area (Å²) in [6.45, 7) is 1.46. The summed E-state index contributed by atoms with van der Waals surface area (Å²) in [5.74, 6) is -2.43. The lowest BCUT2D eigenvalue weighted by molar-refractivity contribution is -0.255. The van der Waals surface area contributed by atoms with Crippen LogP contribution in [0.4, 0.5) is 4.39 Å². The van der Waals surface area contributed by atoms with Crippen molar-refractivity contribution in [3.8, 4) is 0 Å². The Morgan fingerprint density at radius 3 is 2.58 bits per heavy atom. The van der Waals surface area contributed by atoms with Crippen LogP contribution in [0.3, 0.4) is 0 Å². The van der Waals surface area contributed by atoms with Gasteiger partial charge in [0, 0.05) is 0 Å². The van der Waals surface area contributed by atoms with Gasteiger partial charge in [-0.3, -0.25) is 0 Å². The molecule has 0 saturated heterocycles. The number of aromatic carboxylic acids is 1. The summed E-state index contributed by atoms with van der Waals surface area (Å²) < 4.78 is 13.0. The predicted octanol–water partition coefficient (Wildman–Crippen LogP) is 1.15. The minimum absolute atomic E-state index is 0.141. The summed E-state index contributed by atoms with van der Waals surface area (Å²) >= 11 is 5.44. The zero-order valence-electron chi connectivity index (χ0n) is 6.23. The van der Waals surface area contributed by atoms with E-state index in [-0.39, 0.29) is 10.6 Å². The molecule has 0 N–H and O–H groups in total. The third kappa shape index (κ3) is 1.41. The van der Waals surface area contributed by atoms with Crippen LogP contribution in [0.2, 0.25) is 5.02 Å². The molecule has 2 nitrogen and oxygen atoms in total. The molecule has 0 radical (unpaired) electrons. The highest BCUT2D eigenvalue weighted by atomic mass is 35.5. The van der Waals surface area contributed by atoms with Crippen LogP contribution in [0, 0.1) is 12.7 Å². The van der Waals surface area contributed by atoms with Crippen molar-refractivity contribution in [3.05, 3.63) is 34.1 Å². The standard InChI is InChI=1S/C8H6ClFO2/c1-4-2-3-5(9)6(7(4)10)8(11)12/h2-3H,1H3,(H,11,12)/p-1. The number of halogens is 2. The second kappa shape index (κ2) is 3.11. The molecule has 0 aliphatic rings. The molecule has 0 amide bonds. The lowest BCUT2D eigenvalue weighted by atomic mass is 10.1. The number of carboxylic acid groups (broad SMARTS) is 1. The Morgan fingerprint density at radius 2 is 2.17 bits per heavy atom. The molecule has 0 unspecified atom stereocenters. The number of hydrogen-bond donors (Lipinski definition) is 0. The minimum Gasteiger partial charge on any atom is -0.545 e. The first-order valence-electron chi connectivity index (χ1n) is 3.20. The van der Waals surface area contributed by atoms with Gasteiger partial charge in [0.2, 0.25) is 0 Å². The fraction of sp³-hybridized carbons (Fsp3) is 0.125. The first-order valence-corrected chi connectivity index (χ1v) is 3.57. The SMILES string of the molecule is Cc1ccc(Cl)c(C(=O)[O-])c1F. The van der Waals surface area contributed by atoms with Crippen LogP contribution in [0.15, 0.2) is 12.1 Å². The maximum absolute atomic E-state index is 13.0. The second-order valence-electron chi connectivity index (χ2n) is 2.34. The lowest BCUT2D eigenvalue weighted by Crippen LogP contribution is -2.24. The first kappa shape index (κ1) is 9.00. The van der Waals surface area contributed by atoms with Gasteiger partial charge >= 0.3 is 0 Å². The molecular weight excluding hydrogens is 183 g/mol. The highest BCUT2D eigenvalue weighted by molar-refractivity contribution is 6.33. The van der Waals surface area contributed by atoms with E-state index < -0.39 is 17.3 Å². The molecule has 0 heterocycles. The number of rotatable bonds is 1. The van der Waals surface area contributed by atoms with E-state index in [1.807, 2.05) is 0 Å². The van der Waals surface area contributed by atoms with Gasteiger partial charge in [0.05, 0.1) is 16.6 Å². The maximum Gasteiger partial charge on any atom is 0.136 e. The molecule has 0 bridgehead atoms. The van der Waals surface area contributed by atoms with E-state index in [4.69, 9.17) is 11.6 Å². The van der Waals surface area contributed by atoms with Gasteiger partial charge in [-0.15, -0.1) is 0 Å². The van der Waals surface area contributed by atoms with Gasteiger partial charge in [-0.25, -0.2) is 4.39 Å². The molecule has 0 aliphatic carbocycles. The topological polar surface area (TPSA) is 40.1 Å². The van der Waals surface area contributed by atoms with E-state index in [0.29, 0.717) is 0 Å². The second-order valence-corrected chi connectivity index (χ2v) is 2.75. The summed E-state index contributed by atoms with van der Waals surface area (Å²) in [5, 5.41) is 10.2. The van der Waals surface area contributed by atoms with Crippen LogP contribution in [0.5, 0.6) is 0 Å². The van der Waals surface area contributed by atoms with E-state index in [1.54, 1.807) is 0 Å². The Bertz CT molecular complexity index is 336. The summed E-state index contributed by atoms with van der Waals surface area (Å²) in [6.07, 6.45) is 0. The number of aryl methyl sites for hydroxylation is 1. The quantitative estimate of drug-likeness (QED) is 0.662. The van der Waals surface area contributed by atoms with Gasteiger partial charge in [-0.2, -0.15) is 0 Å². The van der Waals surface area contributed by atoms with Crippen LogP contribution >= 0.6 is 11.6 Å². The Labute approximate surface area is 73.6 Å². The minimum atomic E-state index is -1.60. The molecule has 64 valence electrons. The average Bonchev–Trinajstić information content (AvgIpc) is 1.97. The summed E-state index contributed by atoms with van der Waals surface area (Å²) in [4.78, 5) is 10.4. The third-order valence-electron chi connectivity index (χ3n) is 1.49.